The lowest BCUT2D eigenvalue weighted by Gasteiger charge is -2.13. The van der Waals surface area contributed by atoms with E-state index in [1.54, 1.807) is 11.1 Å². The number of anilines is 1. The molecule has 8 heteroatoms. The Kier molecular flexibility index (Phi) is 6.61. The molecule has 1 saturated heterocycles. The van der Waals surface area contributed by atoms with Crippen LogP contribution in [0.15, 0.2) is 79.0 Å². The second kappa shape index (κ2) is 10.3. The van der Waals surface area contributed by atoms with Crippen LogP contribution in [0.25, 0.3) is 10.9 Å². The average molecular weight is 471 g/mol. The average Bonchev–Trinajstić information content (AvgIpc) is 3.48. The number of benzene rings is 3. The van der Waals surface area contributed by atoms with E-state index in [2.05, 4.69) is 10.4 Å². The van der Waals surface area contributed by atoms with Crippen LogP contribution in [-0.4, -0.2) is 46.4 Å². The Morgan fingerprint density at radius 2 is 1.83 bits per heavy atom. The first-order valence-corrected chi connectivity index (χ1v) is 11.6. The van der Waals surface area contributed by atoms with Gasteiger partial charge in [0, 0.05) is 17.6 Å². The molecule has 0 unspecified atom stereocenters. The van der Waals surface area contributed by atoms with Gasteiger partial charge in [-0.05, 0) is 41.5 Å². The first-order chi connectivity index (χ1) is 17.1. The van der Waals surface area contributed by atoms with Crippen LogP contribution in [0.5, 0.6) is 5.75 Å². The van der Waals surface area contributed by atoms with Crippen LogP contribution >= 0.6 is 0 Å². The number of nitrogens with one attached hydrogen (secondary N) is 1. The Hall–Kier alpha value is -4.33. The third-order valence-corrected chi connectivity index (χ3v) is 5.89. The molecule has 35 heavy (non-hydrogen) atoms. The maximum absolute atomic E-state index is 12.6. The molecule has 1 fully saturated rings. The molecule has 2 heterocycles. The van der Waals surface area contributed by atoms with Gasteiger partial charge < -0.3 is 19.7 Å². The topological polar surface area (TPSA) is 85.7 Å². The zero-order valence-corrected chi connectivity index (χ0v) is 19.2. The van der Waals surface area contributed by atoms with E-state index < -0.39 is 0 Å². The molecular weight excluding hydrogens is 444 g/mol. The minimum Gasteiger partial charge on any atom is -0.489 e. The van der Waals surface area contributed by atoms with E-state index in [-0.39, 0.29) is 18.4 Å². The number of hydrogen-bond acceptors (Lipinski definition) is 5. The van der Waals surface area contributed by atoms with Crippen molar-refractivity contribution in [1.29, 1.82) is 0 Å². The smallest absolute Gasteiger partial charge is 0.410 e. The second-order valence-electron chi connectivity index (χ2n) is 8.39. The van der Waals surface area contributed by atoms with Gasteiger partial charge in [-0.1, -0.05) is 42.5 Å². The van der Waals surface area contributed by atoms with Crippen molar-refractivity contribution in [2.24, 2.45) is 0 Å². The summed E-state index contributed by atoms with van der Waals surface area (Å²) >= 11 is 0. The number of carbonyl (C=O) groups is 2. The predicted octanol–water partition coefficient (Wildman–Crippen LogP) is 4.25. The third-order valence-electron chi connectivity index (χ3n) is 5.89. The number of amides is 2. The molecule has 5 rings (SSSR count). The van der Waals surface area contributed by atoms with Gasteiger partial charge in [0.2, 0.25) is 5.91 Å². The van der Waals surface area contributed by atoms with Gasteiger partial charge >= 0.3 is 6.09 Å². The van der Waals surface area contributed by atoms with Gasteiger partial charge in [-0.25, -0.2) is 4.79 Å². The molecular formula is C27H26N4O4. The van der Waals surface area contributed by atoms with E-state index in [0.29, 0.717) is 38.5 Å². The summed E-state index contributed by atoms with van der Waals surface area (Å²) in [5.41, 5.74) is 3.61. The molecule has 2 amide bonds. The van der Waals surface area contributed by atoms with Crippen molar-refractivity contribution in [3.63, 3.8) is 0 Å². The van der Waals surface area contributed by atoms with Crippen molar-refractivity contribution in [3.05, 3.63) is 90.1 Å². The number of hydrogen-bond donors (Lipinski definition) is 1. The lowest BCUT2D eigenvalue weighted by Crippen LogP contribution is -2.28. The molecule has 8 nitrogen and oxygen atoms in total. The maximum atomic E-state index is 12.6. The summed E-state index contributed by atoms with van der Waals surface area (Å²) in [4.78, 5) is 26.0. The van der Waals surface area contributed by atoms with Crippen LogP contribution in [0, 0.1) is 0 Å². The molecule has 0 saturated carbocycles. The number of ether oxygens (including phenoxy) is 2. The van der Waals surface area contributed by atoms with Gasteiger partial charge in [0.05, 0.1) is 31.2 Å². The van der Waals surface area contributed by atoms with Crippen LogP contribution < -0.4 is 10.1 Å². The highest BCUT2D eigenvalue weighted by Gasteiger charge is 2.21. The Labute approximate surface area is 203 Å². The monoisotopic (exact) mass is 470 g/mol. The molecule has 0 atom stereocenters. The van der Waals surface area contributed by atoms with E-state index >= 15 is 0 Å². The number of nitrogens with zero attached hydrogens (tertiary/aromatic N) is 3. The van der Waals surface area contributed by atoms with Crippen LogP contribution in [0.3, 0.4) is 0 Å². The Morgan fingerprint density at radius 3 is 2.60 bits per heavy atom. The number of aromatic nitrogens is 2. The summed E-state index contributed by atoms with van der Waals surface area (Å²) in [7, 11) is 0. The highest BCUT2D eigenvalue weighted by molar-refractivity contribution is 5.94. The largest absolute Gasteiger partial charge is 0.489 e. The summed E-state index contributed by atoms with van der Waals surface area (Å²) in [5, 5.41) is 8.36. The lowest BCUT2D eigenvalue weighted by atomic mass is 10.1. The molecule has 1 N–H and O–H groups in total. The van der Waals surface area contributed by atoms with Gasteiger partial charge in [0.25, 0.3) is 0 Å². The van der Waals surface area contributed by atoms with Gasteiger partial charge in [-0.15, -0.1) is 0 Å². The molecule has 178 valence electrons. The molecule has 0 spiro atoms. The van der Waals surface area contributed by atoms with Crippen molar-refractivity contribution in [2.45, 2.75) is 19.6 Å². The number of fused-ring (bicyclic) bond motifs is 1. The Bertz CT molecular complexity index is 1320. The van der Waals surface area contributed by atoms with Crippen LogP contribution in [-0.2, 0) is 29.1 Å². The molecule has 1 aromatic heterocycles. The second-order valence-corrected chi connectivity index (χ2v) is 8.39. The number of rotatable bonds is 9. The van der Waals surface area contributed by atoms with E-state index in [0.717, 1.165) is 27.8 Å². The predicted molar refractivity (Wildman–Crippen MR) is 132 cm³/mol. The van der Waals surface area contributed by atoms with Crippen molar-refractivity contribution in [2.75, 3.05) is 25.0 Å². The summed E-state index contributed by atoms with van der Waals surface area (Å²) in [5.74, 6) is 0.659. The maximum Gasteiger partial charge on any atom is 0.410 e. The zero-order chi connectivity index (χ0) is 24.0. The molecule has 0 bridgehead atoms. The van der Waals surface area contributed by atoms with Gasteiger partial charge in [-0.2, -0.15) is 5.10 Å². The van der Waals surface area contributed by atoms with Gasteiger partial charge in [-0.3, -0.25) is 9.48 Å². The highest BCUT2D eigenvalue weighted by atomic mass is 16.6. The lowest BCUT2D eigenvalue weighted by molar-refractivity contribution is -0.115. The van der Waals surface area contributed by atoms with Crippen molar-refractivity contribution < 1.29 is 19.1 Å². The van der Waals surface area contributed by atoms with E-state index in [4.69, 9.17) is 9.47 Å². The summed E-state index contributed by atoms with van der Waals surface area (Å²) in [6.07, 6.45) is 1.75. The molecule has 0 aliphatic carbocycles. The Morgan fingerprint density at radius 1 is 1.00 bits per heavy atom. The number of carbonyl (C=O) groups excluding carboxylic acids is 2. The van der Waals surface area contributed by atoms with Crippen LogP contribution in [0.2, 0.25) is 0 Å². The van der Waals surface area contributed by atoms with Crippen LogP contribution in [0.1, 0.15) is 11.1 Å². The quantitative estimate of drug-likeness (QED) is 0.395. The van der Waals surface area contributed by atoms with E-state index in [9.17, 15) is 9.59 Å². The van der Waals surface area contributed by atoms with E-state index in [1.165, 1.54) is 0 Å². The number of cyclic esters (lactones) is 1. The Balaban J connectivity index is 1.16. The standard InChI is InChI=1S/C27H26N4O4/c32-26(16-20-6-10-24(11-7-20)35-19-21-4-2-1-3-5-21)29-23-9-8-22-18-28-31(25(22)17-23)13-12-30-14-15-34-27(30)33/h1-11,17-18H,12-16,19H2,(H,29,32). The first-order valence-electron chi connectivity index (χ1n) is 11.6. The normalized spacial score (nSPS) is 13.1. The molecule has 3 aromatic carbocycles. The fourth-order valence-corrected chi connectivity index (χ4v) is 4.01. The SMILES string of the molecule is O=C(Cc1ccc(OCc2ccccc2)cc1)Nc1ccc2cnn(CCN3CCOC3=O)c2c1. The van der Waals surface area contributed by atoms with E-state index in [1.807, 2.05) is 77.5 Å². The first kappa shape index (κ1) is 22.5. The fraction of sp³-hybridized carbons (Fsp3) is 0.222. The van der Waals surface area contributed by atoms with Crippen molar-refractivity contribution in [3.8, 4) is 5.75 Å². The minimum atomic E-state index is -0.287. The highest BCUT2D eigenvalue weighted by Crippen LogP contribution is 2.20. The molecule has 1 aliphatic heterocycles. The van der Waals surface area contributed by atoms with Crippen LogP contribution in [0.4, 0.5) is 10.5 Å². The zero-order valence-electron chi connectivity index (χ0n) is 19.2. The van der Waals surface area contributed by atoms with Crippen molar-refractivity contribution in [1.82, 2.24) is 14.7 Å². The summed E-state index contributed by atoms with van der Waals surface area (Å²) in [6, 6.07) is 23.3. The molecule has 4 aromatic rings. The molecule has 0 radical (unpaired) electrons. The third kappa shape index (κ3) is 5.60. The molecule has 1 aliphatic rings. The van der Waals surface area contributed by atoms with Gasteiger partial charge in [0.15, 0.2) is 0 Å². The summed E-state index contributed by atoms with van der Waals surface area (Å²) < 4.78 is 12.6. The van der Waals surface area contributed by atoms with Crippen molar-refractivity contribution >= 4 is 28.6 Å². The fourth-order valence-electron chi connectivity index (χ4n) is 4.01. The summed E-state index contributed by atoms with van der Waals surface area (Å²) in [6.45, 7) is 2.60. The van der Waals surface area contributed by atoms with Gasteiger partial charge in [0.1, 0.15) is 19.0 Å². The minimum absolute atomic E-state index is 0.104.